The normalized spacial score (nSPS) is 16.8. The Bertz CT molecular complexity index is 1390. The minimum atomic E-state index is -0.985. The average Bonchev–Trinajstić information content (AvgIpc) is 3.32. The highest BCUT2D eigenvalue weighted by Gasteiger charge is 2.27. The second kappa shape index (κ2) is 6.73. The third-order valence-corrected chi connectivity index (χ3v) is 5.52. The van der Waals surface area contributed by atoms with Crippen LogP contribution in [0.5, 0.6) is 0 Å². The first-order chi connectivity index (χ1) is 14.5. The number of amides is 1. The second-order valence-electron chi connectivity index (χ2n) is 7.31. The number of nitrogens with one attached hydrogen (secondary N) is 1. The molecule has 0 saturated carbocycles. The van der Waals surface area contributed by atoms with Crippen LogP contribution in [-0.2, 0) is 0 Å². The Morgan fingerprint density at radius 2 is 2.20 bits per heavy atom. The van der Waals surface area contributed by atoms with Gasteiger partial charge >= 0.3 is 11.8 Å². The average molecular weight is 403 g/mol. The molecule has 1 fully saturated rings. The second-order valence-corrected chi connectivity index (χ2v) is 7.31. The van der Waals surface area contributed by atoms with Gasteiger partial charge in [0.2, 0.25) is 0 Å². The number of carbonyl (C=O) groups is 1. The van der Waals surface area contributed by atoms with E-state index < -0.39 is 6.09 Å². The van der Waals surface area contributed by atoms with E-state index in [4.69, 9.17) is 4.98 Å². The first-order valence-electron chi connectivity index (χ1n) is 9.52. The van der Waals surface area contributed by atoms with E-state index in [-0.39, 0.29) is 18.3 Å². The lowest BCUT2D eigenvalue weighted by atomic mass is 10.1. The largest absolute Gasteiger partial charge is 0.465 e. The number of nitrogens with zero attached hydrogens (tertiary/aromatic N) is 6. The maximum atomic E-state index is 12.7. The first-order valence-corrected chi connectivity index (χ1v) is 9.52. The summed E-state index contributed by atoms with van der Waals surface area (Å²) in [6.45, 7) is 0.710. The molecule has 4 aromatic heterocycles. The van der Waals surface area contributed by atoms with Gasteiger partial charge in [-0.15, -0.1) is 0 Å². The lowest BCUT2D eigenvalue weighted by molar-refractivity contribution is 0.121. The highest BCUT2D eigenvalue weighted by molar-refractivity contribution is 5.82. The van der Waals surface area contributed by atoms with E-state index in [1.54, 1.807) is 45.7 Å². The van der Waals surface area contributed by atoms with Crippen LogP contribution in [-0.4, -0.2) is 53.3 Å². The molecule has 5 heterocycles. The van der Waals surface area contributed by atoms with Crippen LogP contribution in [0.2, 0.25) is 0 Å². The molecule has 1 amide bonds. The fourth-order valence-electron chi connectivity index (χ4n) is 4.08. The van der Waals surface area contributed by atoms with Crippen LogP contribution in [0.1, 0.15) is 24.4 Å². The van der Waals surface area contributed by atoms with Crippen molar-refractivity contribution >= 4 is 22.8 Å². The quantitative estimate of drug-likeness (QED) is 0.527. The number of nitriles is 1. The van der Waals surface area contributed by atoms with Gasteiger partial charge in [0.25, 0.3) is 0 Å². The number of imidazole rings is 1. The maximum Gasteiger partial charge on any atom is 0.407 e. The number of fused-ring (bicyclic) bond motifs is 2. The van der Waals surface area contributed by atoms with E-state index >= 15 is 0 Å². The van der Waals surface area contributed by atoms with E-state index in [0.717, 1.165) is 11.1 Å². The molecular weight excluding hydrogens is 386 g/mol. The van der Waals surface area contributed by atoms with Gasteiger partial charge < -0.3 is 15.0 Å². The molecule has 0 spiro atoms. The Labute approximate surface area is 169 Å². The van der Waals surface area contributed by atoms with Crippen molar-refractivity contribution in [1.82, 2.24) is 29.0 Å². The minimum Gasteiger partial charge on any atom is -0.465 e. The molecule has 1 saturated heterocycles. The zero-order valence-corrected chi connectivity index (χ0v) is 15.8. The van der Waals surface area contributed by atoms with Gasteiger partial charge in [-0.2, -0.15) is 10.4 Å². The number of aromatic amines is 1. The summed E-state index contributed by atoms with van der Waals surface area (Å²) in [4.78, 5) is 32.9. The van der Waals surface area contributed by atoms with Gasteiger partial charge in [-0.05, 0) is 37.1 Å². The molecule has 5 rings (SSSR count). The van der Waals surface area contributed by atoms with Gasteiger partial charge in [-0.3, -0.25) is 4.57 Å². The van der Waals surface area contributed by atoms with Crippen LogP contribution in [0.4, 0.5) is 4.79 Å². The number of piperidine rings is 1. The fraction of sp³-hybridized carbons (Fsp3) is 0.250. The lowest BCUT2D eigenvalue weighted by Gasteiger charge is -2.31. The van der Waals surface area contributed by atoms with Gasteiger partial charge in [0, 0.05) is 24.8 Å². The Morgan fingerprint density at radius 1 is 1.33 bits per heavy atom. The topological polar surface area (TPSA) is 132 Å². The number of pyridine rings is 2. The van der Waals surface area contributed by atoms with Crippen LogP contribution in [0.3, 0.4) is 0 Å². The fourth-order valence-corrected chi connectivity index (χ4v) is 4.08. The highest BCUT2D eigenvalue weighted by Crippen LogP contribution is 2.27. The molecule has 10 nitrogen and oxygen atoms in total. The Morgan fingerprint density at radius 3 is 3.00 bits per heavy atom. The molecule has 1 aliphatic rings. The number of rotatable bonds is 2. The molecule has 0 aliphatic carbocycles. The number of hydrogen-bond acceptors (Lipinski definition) is 5. The number of aromatic nitrogens is 5. The lowest BCUT2D eigenvalue weighted by Crippen LogP contribution is -2.41. The summed E-state index contributed by atoms with van der Waals surface area (Å²) in [6.07, 6.45) is 3.78. The summed E-state index contributed by atoms with van der Waals surface area (Å²) in [5, 5.41) is 22.8. The first kappa shape index (κ1) is 17.9. The van der Waals surface area contributed by atoms with Crippen molar-refractivity contribution in [2.45, 2.75) is 18.9 Å². The molecule has 1 aliphatic heterocycles. The predicted molar refractivity (Wildman–Crippen MR) is 107 cm³/mol. The van der Waals surface area contributed by atoms with Gasteiger partial charge in [-0.25, -0.2) is 19.1 Å². The molecule has 1 atom stereocenters. The van der Waals surface area contributed by atoms with Crippen molar-refractivity contribution in [1.29, 1.82) is 5.26 Å². The third-order valence-electron chi connectivity index (χ3n) is 5.52. The minimum absolute atomic E-state index is 0.246. The van der Waals surface area contributed by atoms with Crippen LogP contribution in [0, 0.1) is 11.3 Å². The smallest absolute Gasteiger partial charge is 0.407 e. The summed E-state index contributed by atoms with van der Waals surface area (Å²) in [5.74, 6) is 0. The third kappa shape index (κ3) is 2.79. The monoisotopic (exact) mass is 403 g/mol. The van der Waals surface area contributed by atoms with Crippen LogP contribution >= 0.6 is 0 Å². The summed E-state index contributed by atoms with van der Waals surface area (Å²) < 4.78 is 3.22. The van der Waals surface area contributed by atoms with Crippen LogP contribution in [0.25, 0.3) is 27.9 Å². The van der Waals surface area contributed by atoms with E-state index in [0.29, 0.717) is 41.8 Å². The summed E-state index contributed by atoms with van der Waals surface area (Å²) >= 11 is 0. The number of H-pyrrole nitrogens is 1. The number of hydrogen-bond donors (Lipinski definition) is 2. The molecule has 1 unspecified atom stereocenters. The molecule has 0 aromatic carbocycles. The van der Waals surface area contributed by atoms with E-state index in [1.165, 1.54) is 4.90 Å². The van der Waals surface area contributed by atoms with Crippen molar-refractivity contribution in [2.75, 3.05) is 13.1 Å². The molecule has 30 heavy (non-hydrogen) atoms. The summed E-state index contributed by atoms with van der Waals surface area (Å²) in [6, 6.07) is 8.84. The van der Waals surface area contributed by atoms with Gasteiger partial charge in [0.15, 0.2) is 5.65 Å². The molecular formula is C20H17N7O3. The Hall–Kier alpha value is -4.13. The predicted octanol–water partition coefficient (Wildman–Crippen LogP) is 2.23. The number of likely N-dealkylation sites (tertiary alicyclic amines) is 1. The molecule has 0 radical (unpaired) electrons. The zero-order chi connectivity index (χ0) is 20.8. The Balaban J connectivity index is 1.63. The van der Waals surface area contributed by atoms with Crippen molar-refractivity contribution in [3.05, 3.63) is 52.7 Å². The van der Waals surface area contributed by atoms with Crippen molar-refractivity contribution < 1.29 is 9.90 Å². The Kier molecular flexibility index (Phi) is 4.03. The van der Waals surface area contributed by atoms with Crippen molar-refractivity contribution in [3.63, 3.8) is 0 Å². The van der Waals surface area contributed by atoms with Crippen LogP contribution < -0.4 is 5.69 Å². The van der Waals surface area contributed by atoms with Gasteiger partial charge in [-0.1, -0.05) is 0 Å². The zero-order valence-electron chi connectivity index (χ0n) is 15.8. The molecule has 150 valence electrons. The SMILES string of the molecule is N#Cc1ccn2ncc(-c3ccc4[nH]c(=O)n(C5CCCN(C(=O)O)C5)c4n3)c2c1. The van der Waals surface area contributed by atoms with E-state index in [2.05, 4.69) is 16.2 Å². The van der Waals surface area contributed by atoms with Crippen LogP contribution in [0.15, 0.2) is 41.5 Å². The van der Waals surface area contributed by atoms with E-state index in [9.17, 15) is 20.0 Å². The number of carboxylic acid groups (broad SMARTS) is 1. The van der Waals surface area contributed by atoms with Gasteiger partial charge in [0.05, 0.1) is 40.6 Å². The molecule has 0 bridgehead atoms. The summed E-state index contributed by atoms with van der Waals surface area (Å²) in [7, 11) is 0. The maximum absolute atomic E-state index is 12.7. The molecule has 10 heteroatoms. The van der Waals surface area contributed by atoms with Crippen molar-refractivity contribution in [2.24, 2.45) is 0 Å². The van der Waals surface area contributed by atoms with Gasteiger partial charge in [0.1, 0.15) is 0 Å². The molecule has 2 N–H and O–H groups in total. The summed E-state index contributed by atoms with van der Waals surface area (Å²) in [5.41, 5.74) is 3.37. The van der Waals surface area contributed by atoms with E-state index in [1.807, 2.05) is 0 Å². The highest BCUT2D eigenvalue weighted by atomic mass is 16.4. The van der Waals surface area contributed by atoms with Crippen molar-refractivity contribution in [3.8, 4) is 17.3 Å². The standard InChI is InChI=1S/C20H17N7O3/c21-9-12-5-7-26-17(8-12)14(10-22-26)15-3-4-16-18(23-15)27(19(28)24-16)13-2-1-6-25(11-13)20(29)30/h3-5,7-8,10,13H,1-2,6,11H2,(H,24,28)(H,29,30). The molecule has 4 aromatic rings.